The van der Waals surface area contributed by atoms with Crippen LogP contribution in [0.25, 0.3) is 0 Å². The molecule has 88 valence electrons. The maximum atomic E-state index is 11.7. The highest BCUT2D eigenvalue weighted by atomic mass is 35.5. The Morgan fingerprint density at radius 2 is 2.38 bits per heavy atom. The summed E-state index contributed by atoms with van der Waals surface area (Å²) in [6, 6.07) is 1.39. The molecule has 0 radical (unpaired) electrons. The van der Waals surface area contributed by atoms with Gasteiger partial charge in [0.2, 0.25) is 0 Å². The van der Waals surface area contributed by atoms with E-state index in [0.717, 1.165) is 17.8 Å². The third-order valence-electron chi connectivity index (χ3n) is 1.81. The van der Waals surface area contributed by atoms with Crippen molar-refractivity contribution in [1.82, 2.24) is 0 Å². The number of nitrogens with one attached hydrogen (secondary N) is 1. The van der Waals surface area contributed by atoms with Crippen molar-refractivity contribution in [2.75, 3.05) is 11.9 Å². The molecule has 0 bridgehead atoms. The van der Waals surface area contributed by atoms with Crippen LogP contribution in [0.3, 0.4) is 0 Å². The Labute approximate surface area is 102 Å². The Bertz CT molecular complexity index is 535. The van der Waals surface area contributed by atoms with E-state index >= 15 is 0 Å². The minimum absolute atomic E-state index is 0.00728. The first-order chi connectivity index (χ1) is 7.53. The highest BCUT2D eigenvalue weighted by molar-refractivity contribution is 7.90. The number of hydrogen-bond donors (Lipinski definition) is 1. The van der Waals surface area contributed by atoms with Crippen LogP contribution in [0.1, 0.15) is 13.3 Å². The summed E-state index contributed by atoms with van der Waals surface area (Å²) in [4.78, 5) is 0.103. The van der Waals surface area contributed by atoms with Crippen LogP contribution in [0.4, 0.5) is 5.00 Å². The van der Waals surface area contributed by atoms with Crippen LogP contribution in [0.15, 0.2) is 15.4 Å². The summed E-state index contributed by atoms with van der Waals surface area (Å²) in [5.41, 5.74) is 0. The van der Waals surface area contributed by atoms with E-state index in [-0.39, 0.29) is 10.9 Å². The zero-order chi connectivity index (χ0) is 11.8. The largest absolute Gasteiger partial charge is 0.464 e. The smallest absolute Gasteiger partial charge is 0.306 e. The zero-order valence-electron chi connectivity index (χ0n) is 8.36. The van der Waals surface area contributed by atoms with Crippen molar-refractivity contribution in [2.24, 2.45) is 4.40 Å². The van der Waals surface area contributed by atoms with Gasteiger partial charge < -0.3 is 4.74 Å². The van der Waals surface area contributed by atoms with Gasteiger partial charge in [0.1, 0.15) is 9.90 Å². The molecule has 1 aliphatic rings. The number of halogens is 1. The van der Waals surface area contributed by atoms with E-state index in [1.165, 1.54) is 6.07 Å². The second kappa shape index (κ2) is 4.23. The van der Waals surface area contributed by atoms with E-state index in [1.54, 1.807) is 0 Å². The van der Waals surface area contributed by atoms with Crippen LogP contribution in [-0.4, -0.2) is 21.0 Å². The molecule has 5 nitrogen and oxygen atoms in total. The second-order valence-electron chi connectivity index (χ2n) is 3.09. The van der Waals surface area contributed by atoms with Crippen molar-refractivity contribution < 1.29 is 13.2 Å². The highest BCUT2D eigenvalue weighted by Gasteiger charge is 2.28. The second-order valence-corrected chi connectivity index (χ2v) is 6.34. The molecule has 2 rings (SSSR count). The van der Waals surface area contributed by atoms with E-state index in [4.69, 9.17) is 16.3 Å². The number of sulfonamides is 1. The van der Waals surface area contributed by atoms with E-state index < -0.39 is 10.0 Å². The topological polar surface area (TPSA) is 67.8 Å². The molecule has 8 heteroatoms. The monoisotopic (exact) mass is 280 g/mol. The molecule has 0 atom stereocenters. The van der Waals surface area contributed by atoms with E-state index in [0.29, 0.717) is 15.9 Å². The van der Waals surface area contributed by atoms with Gasteiger partial charge in [-0.15, -0.1) is 15.7 Å². The number of fused-ring (bicyclic) bond motifs is 1. The number of thiophene rings is 1. The fourth-order valence-electron chi connectivity index (χ4n) is 1.16. The van der Waals surface area contributed by atoms with Gasteiger partial charge in [-0.05, 0) is 12.5 Å². The van der Waals surface area contributed by atoms with E-state index in [2.05, 4.69) is 9.71 Å². The van der Waals surface area contributed by atoms with Gasteiger partial charge >= 0.3 is 6.02 Å². The molecule has 1 aromatic rings. The van der Waals surface area contributed by atoms with Gasteiger partial charge in [-0.3, -0.25) is 5.32 Å². The third kappa shape index (κ3) is 2.16. The van der Waals surface area contributed by atoms with Crippen LogP contribution in [0.2, 0.25) is 4.34 Å². The quantitative estimate of drug-likeness (QED) is 0.902. The summed E-state index contributed by atoms with van der Waals surface area (Å²) in [5, 5.41) is 3.24. The average molecular weight is 281 g/mol. The number of ether oxygens (including phenoxy) is 1. The molecular formula is C8H9ClN2O3S2. The van der Waals surface area contributed by atoms with Gasteiger partial charge in [0.15, 0.2) is 0 Å². The Kier molecular flexibility index (Phi) is 3.09. The maximum Gasteiger partial charge on any atom is 0.306 e. The van der Waals surface area contributed by atoms with Crippen LogP contribution >= 0.6 is 22.9 Å². The SMILES string of the molecule is CCCOC1=NS(=O)(=O)c2cc(Cl)sc2N1. The Hall–Kier alpha value is -0.790. The Balaban J connectivity index is 2.35. The van der Waals surface area contributed by atoms with Crippen molar-refractivity contribution in [2.45, 2.75) is 18.2 Å². The predicted molar refractivity (Wildman–Crippen MR) is 63.8 cm³/mol. The molecule has 0 aliphatic carbocycles. The lowest BCUT2D eigenvalue weighted by Crippen LogP contribution is -2.23. The Morgan fingerprint density at radius 1 is 1.62 bits per heavy atom. The lowest BCUT2D eigenvalue weighted by atomic mass is 10.5. The standard InChI is InChI=1S/C8H9ClN2O3S2/c1-2-3-14-8-10-7-5(4-6(9)15-7)16(12,13)11-8/h4H,2-3H2,1H3,(H,10,11). The lowest BCUT2D eigenvalue weighted by Gasteiger charge is -2.14. The summed E-state index contributed by atoms with van der Waals surface area (Å²) in [6.07, 6.45) is 0.777. The lowest BCUT2D eigenvalue weighted by molar-refractivity contribution is 0.304. The molecule has 0 spiro atoms. The Morgan fingerprint density at radius 3 is 3.06 bits per heavy atom. The normalized spacial score (nSPS) is 17.2. The zero-order valence-corrected chi connectivity index (χ0v) is 10.7. The van der Waals surface area contributed by atoms with Crippen LogP contribution in [-0.2, 0) is 14.8 Å². The molecule has 1 aliphatic heterocycles. The van der Waals surface area contributed by atoms with Crippen molar-refractivity contribution >= 4 is 44.0 Å². The molecule has 0 aromatic carbocycles. The van der Waals surface area contributed by atoms with Crippen LogP contribution < -0.4 is 5.32 Å². The molecule has 0 fully saturated rings. The fourth-order valence-corrected chi connectivity index (χ4v) is 3.72. The molecule has 16 heavy (non-hydrogen) atoms. The third-order valence-corrected chi connectivity index (χ3v) is 4.40. The van der Waals surface area contributed by atoms with Gasteiger partial charge in [-0.2, -0.15) is 8.42 Å². The highest BCUT2D eigenvalue weighted by Crippen LogP contribution is 2.37. The summed E-state index contributed by atoms with van der Waals surface area (Å²) in [7, 11) is -3.67. The van der Waals surface area contributed by atoms with Gasteiger partial charge in [0.25, 0.3) is 10.0 Å². The number of rotatable bonds is 2. The molecule has 0 unspecified atom stereocenters. The summed E-state index contributed by atoms with van der Waals surface area (Å²) in [5.74, 6) is 0. The van der Waals surface area contributed by atoms with Crippen LogP contribution in [0, 0.1) is 0 Å². The number of hydrogen-bond acceptors (Lipinski definition) is 5. The molecule has 1 N–H and O–H groups in total. The van der Waals surface area contributed by atoms with Gasteiger partial charge in [-0.1, -0.05) is 18.5 Å². The number of nitrogens with zero attached hydrogens (tertiary/aromatic N) is 1. The van der Waals surface area contributed by atoms with E-state index in [9.17, 15) is 8.42 Å². The first-order valence-electron chi connectivity index (χ1n) is 4.57. The minimum atomic E-state index is -3.67. The van der Waals surface area contributed by atoms with E-state index in [1.807, 2.05) is 6.92 Å². The van der Waals surface area contributed by atoms with Crippen molar-refractivity contribution in [3.63, 3.8) is 0 Å². The predicted octanol–water partition coefficient (Wildman–Crippen LogP) is 2.30. The van der Waals surface area contributed by atoms with Gasteiger partial charge in [0.05, 0.1) is 10.9 Å². The molecule has 2 heterocycles. The summed E-state index contributed by atoms with van der Waals surface area (Å²) in [6.45, 7) is 2.33. The fraction of sp³-hybridized carbons (Fsp3) is 0.375. The summed E-state index contributed by atoms with van der Waals surface area (Å²) < 4.78 is 32.5. The van der Waals surface area contributed by atoms with Crippen LogP contribution in [0.5, 0.6) is 0 Å². The van der Waals surface area contributed by atoms with Crippen molar-refractivity contribution in [3.05, 3.63) is 10.4 Å². The first-order valence-corrected chi connectivity index (χ1v) is 7.20. The first kappa shape index (κ1) is 11.7. The maximum absolute atomic E-state index is 11.7. The number of anilines is 1. The van der Waals surface area contributed by atoms with Gasteiger partial charge in [-0.25, -0.2) is 0 Å². The number of amidine groups is 1. The molecule has 1 aromatic heterocycles. The van der Waals surface area contributed by atoms with Crippen molar-refractivity contribution in [3.8, 4) is 0 Å². The molecule has 0 saturated heterocycles. The van der Waals surface area contributed by atoms with Crippen molar-refractivity contribution in [1.29, 1.82) is 0 Å². The molecular weight excluding hydrogens is 272 g/mol. The summed E-state index contributed by atoms with van der Waals surface area (Å²) >= 11 is 6.90. The average Bonchev–Trinajstić information content (AvgIpc) is 2.56. The molecule has 0 saturated carbocycles. The minimum Gasteiger partial charge on any atom is -0.464 e. The van der Waals surface area contributed by atoms with Gasteiger partial charge in [0, 0.05) is 0 Å². The molecule has 0 amide bonds.